The summed E-state index contributed by atoms with van der Waals surface area (Å²) >= 11 is 0. The van der Waals surface area contributed by atoms with E-state index >= 15 is 0 Å². The highest BCUT2D eigenvalue weighted by Crippen LogP contribution is 2.28. The molecule has 0 saturated heterocycles. The van der Waals surface area contributed by atoms with E-state index in [4.69, 9.17) is 9.47 Å². The number of carbonyl (C=O) groups is 2. The Morgan fingerprint density at radius 1 is 1.05 bits per heavy atom. The summed E-state index contributed by atoms with van der Waals surface area (Å²) in [4.78, 5) is 23.9. The number of phenolic OH excluding ortho intramolecular Hbond substituents is 1. The van der Waals surface area contributed by atoms with E-state index in [0.717, 1.165) is 5.56 Å². The number of hydrogen-bond donors (Lipinski definition) is 1. The third-order valence-corrected chi connectivity index (χ3v) is 3.00. The van der Waals surface area contributed by atoms with Crippen LogP contribution in [-0.2, 0) is 19.1 Å². The van der Waals surface area contributed by atoms with Crippen LogP contribution in [0.5, 0.6) is 5.75 Å². The molecule has 0 aliphatic rings. The van der Waals surface area contributed by atoms with Crippen molar-refractivity contribution in [2.45, 2.75) is 26.7 Å². The minimum atomic E-state index is -1.00. The van der Waals surface area contributed by atoms with Gasteiger partial charge in [-0.05, 0) is 31.5 Å². The molecule has 0 unspecified atom stereocenters. The van der Waals surface area contributed by atoms with Crippen molar-refractivity contribution in [1.82, 2.24) is 0 Å². The van der Waals surface area contributed by atoms with Gasteiger partial charge in [-0.3, -0.25) is 9.59 Å². The quantitative estimate of drug-likeness (QED) is 0.639. The molecule has 0 radical (unpaired) electrons. The van der Waals surface area contributed by atoms with Gasteiger partial charge in [-0.2, -0.15) is 0 Å². The summed E-state index contributed by atoms with van der Waals surface area (Å²) in [5.41, 5.74) is 0.758. The van der Waals surface area contributed by atoms with Crippen molar-refractivity contribution in [3.63, 3.8) is 0 Å². The fourth-order valence-electron chi connectivity index (χ4n) is 1.94. The van der Waals surface area contributed by atoms with E-state index in [0.29, 0.717) is 0 Å². The van der Waals surface area contributed by atoms with Crippen molar-refractivity contribution in [3.05, 3.63) is 29.8 Å². The van der Waals surface area contributed by atoms with Gasteiger partial charge in [0.1, 0.15) is 5.75 Å². The van der Waals surface area contributed by atoms with Crippen LogP contribution in [0.2, 0.25) is 0 Å². The second-order valence-electron chi connectivity index (χ2n) is 4.36. The van der Waals surface area contributed by atoms with Crippen molar-refractivity contribution in [2.75, 3.05) is 13.2 Å². The van der Waals surface area contributed by atoms with Gasteiger partial charge in [0, 0.05) is 5.92 Å². The fraction of sp³-hybridized carbons (Fsp3) is 0.467. The van der Waals surface area contributed by atoms with Gasteiger partial charge in [0.05, 0.1) is 13.2 Å². The van der Waals surface area contributed by atoms with Crippen LogP contribution in [0.4, 0.5) is 0 Å². The summed E-state index contributed by atoms with van der Waals surface area (Å²) in [7, 11) is 0. The number of carbonyl (C=O) groups excluding carboxylic acids is 2. The first-order valence-corrected chi connectivity index (χ1v) is 6.63. The Labute approximate surface area is 118 Å². The lowest BCUT2D eigenvalue weighted by atomic mass is 9.87. The van der Waals surface area contributed by atoms with Gasteiger partial charge in [-0.1, -0.05) is 19.1 Å². The zero-order chi connectivity index (χ0) is 15.1. The van der Waals surface area contributed by atoms with Crippen molar-refractivity contribution >= 4 is 11.9 Å². The van der Waals surface area contributed by atoms with Crippen LogP contribution < -0.4 is 0 Å². The second kappa shape index (κ2) is 7.53. The van der Waals surface area contributed by atoms with E-state index in [-0.39, 0.29) is 19.0 Å². The van der Waals surface area contributed by atoms with Crippen LogP contribution in [-0.4, -0.2) is 30.3 Å². The summed E-state index contributed by atoms with van der Waals surface area (Å²) in [5, 5.41) is 9.28. The van der Waals surface area contributed by atoms with E-state index in [2.05, 4.69) is 0 Å². The highest BCUT2D eigenvalue weighted by Gasteiger charge is 2.35. The molecule has 20 heavy (non-hydrogen) atoms. The highest BCUT2D eigenvalue weighted by molar-refractivity contribution is 5.96. The Morgan fingerprint density at radius 3 is 1.90 bits per heavy atom. The topological polar surface area (TPSA) is 72.8 Å². The van der Waals surface area contributed by atoms with Crippen molar-refractivity contribution < 1.29 is 24.2 Å². The molecule has 0 amide bonds. The van der Waals surface area contributed by atoms with Gasteiger partial charge >= 0.3 is 11.9 Å². The first-order chi connectivity index (χ1) is 9.51. The Bertz CT molecular complexity index is 434. The minimum absolute atomic E-state index is 0.129. The van der Waals surface area contributed by atoms with Crippen LogP contribution >= 0.6 is 0 Å². The normalized spacial score (nSPS) is 12.0. The van der Waals surface area contributed by atoms with Crippen LogP contribution in [0.15, 0.2) is 24.3 Å². The van der Waals surface area contributed by atoms with Crippen LogP contribution in [0.1, 0.15) is 32.3 Å². The van der Waals surface area contributed by atoms with Gasteiger partial charge in [-0.25, -0.2) is 0 Å². The van der Waals surface area contributed by atoms with Crippen LogP contribution in [0, 0.1) is 5.92 Å². The van der Waals surface area contributed by atoms with Crippen LogP contribution in [0.25, 0.3) is 0 Å². The maximum absolute atomic E-state index is 12.0. The van der Waals surface area contributed by atoms with E-state index in [1.165, 1.54) is 12.1 Å². The Morgan fingerprint density at radius 2 is 1.50 bits per heavy atom. The molecule has 0 aromatic heterocycles. The average molecular weight is 280 g/mol. The van der Waals surface area contributed by atoms with E-state index in [1.54, 1.807) is 32.9 Å². The zero-order valence-electron chi connectivity index (χ0n) is 12.0. The molecule has 1 aromatic carbocycles. The molecule has 5 nitrogen and oxygen atoms in total. The minimum Gasteiger partial charge on any atom is -0.508 e. The van der Waals surface area contributed by atoms with Gasteiger partial charge in [0.25, 0.3) is 0 Å². The molecule has 110 valence electrons. The number of aromatic hydroxyl groups is 1. The summed E-state index contributed by atoms with van der Waals surface area (Å²) in [6, 6.07) is 6.37. The molecule has 1 atom stereocenters. The van der Waals surface area contributed by atoms with Crippen molar-refractivity contribution in [3.8, 4) is 5.75 Å². The molecule has 1 rings (SSSR count). The first-order valence-electron chi connectivity index (χ1n) is 6.63. The molecule has 0 bridgehead atoms. The van der Waals surface area contributed by atoms with Gasteiger partial charge in [0.2, 0.25) is 0 Å². The molecule has 1 N–H and O–H groups in total. The third kappa shape index (κ3) is 3.98. The number of esters is 2. The maximum atomic E-state index is 12.0. The lowest BCUT2D eigenvalue weighted by Crippen LogP contribution is -2.32. The van der Waals surface area contributed by atoms with Gasteiger partial charge in [0.15, 0.2) is 5.92 Å². The average Bonchev–Trinajstić information content (AvgIpc) is 2.40. The largest absolute Gasteiger partial charge is 0.508 e. The number of phenols is 1. The first kappa shape index (κ1) is 16.0. The molecule has 0 saturated carbocycles. The zero-order valence-corrected chi connectivity index (χ0v) is 12.0. The SMILES string of the molecule is CCOC(=O)C(C(=O)OCC)[C@@H](C)c1ccc(O)cc1. The monoisotopic (exact) mass is 280 g/mol. The Balaban J connectivity index is 2.99. The highest BCUT2D eigenvalue weighted by atomic mass is 16.6. The van der Waals surface area contributed by atoms with Crippen molar-refractivity contribution in [2.24, 2.45) is 5.92 Å². The van der Waals surface area contributed by atoms with Crippen molar-refractivity contribution in [1.29, 1.82) is 0 Å². The second-order valence-corrected chi connectivity index (χ2v) is 4.36. The molecular weight excluding hydrogens is 260 g/mol. The number of benzene rings is 1. The lowest BCUT2D eigenvalue weighted by molar-refractivity contribution is -0.162. The molecule has 0 aliphatic carbocycles. The standard InChI is InChI=1S/C15H20O5/c1-4-19-14(17)13(15(18)20-5-2)10(3)11-6-8-12(16)9-7-11/h6-10,13,16H,4-5H2,1-3H3/t10-/m0/s1. The molecule has 1 aromatic rings. The summed E-state index contributed by atoms with van der Waals surface area (Å²) in [6.45, 7) is 5.54. The molecule has 0 heterocycles. The molecule has 0 aliphatic heterocycles. The summed E-state index contributed by atoms with van der Waals surface area (Å²) in [5.74, 6) is -2.45. The lowest BCUT2D eigenvalue weighted by Gasteiger charge is -2.21. The smallest absolute Gasteiger partial charge is 0.320 e. The Kier molecular flexibility index (Phi) is 6.03. The molecule has 5 heteroatoms. The fourth-order valence-corrected chi connectivity index (χ4v) is 1.94. The molecular formula is C15H20O5. The van der Waals surface area contributed by atoms with Gasteiger partial charge in [-0.15, -0.1) is 0 Å². The number of ether oxygens (including phenoxy) is 2. The maximum Gasteiger partial charge on any atom is 0.320 e. The van der Waals surface area contributed by atoms with E-state index in [1.807, 2.05) is 0 Å². The predicted molar refractivity (Wildman–Crippen MR) is 73.3 cm³/mol. The predicted octanol–water partition coefficient (Wildman–Crippen LogP) is 2.24. The molecule has 0 fully saturated rings. The number of rotatable bonds is 6. The van der Waals surface area contributed by atoms with E-state index in [9.17, 15) is 14.7 Å². The summed E-state index contributed by atoms with van der Waals surface area (Å²) in [6.07, 6.45) is 0. The van der Waals surface area contributed by atoms with Gasteiger partial charge < -0.3 is 14.6 Å². The summed E-state index contributed by atoms with van der Waals surface area (Å²) < 4.78 is 9.90. The molecule has 0 spiro atoms. The van der Waals surface area contributed by atoms with E-state index < -0.39 is 23.8 Å². The Hall–Kier alpha value is -2.04. The van der Waals surface area contributed by atoms with Crippen LogP contribution in [0.3, 0.4) is 0 Å². The third-order valence-electron chi connectivity index (χ3n) is 3.00. The number of hydrogen-bond acceptors (Lipinski definition) is 5.